The molecule has 1 fully saturated rings. The quantitative estimate of drug-likeness (QED) is 0.723. The number of thiazole rings is 1. The highest BCUT2D eigenvalue weighted by atomic mass is 32.1. The zero-order valence-electron chi connectivity index (χ0n) is 15.7. The number of piperidine rings is 1. The van der Waals surface area contributed by atoms with Gasteiger partial charge in [-0.3, -0.25) is 9.59 Å². The first-order chi connectivity index (χ1) is 13.5. The predicted octanol–water partition coefficient (Wildman–Crippen LogP) is 3.65. The van der Waals surface area contributed by atoms with E-state index >= 15 is 0 Å². The molecule has 2 amide bonds. The molecule has 0 aliphatic carbocycles. The van der Waals surface area contributed by atoms with E-state index in [-0.39, 0.29) is 17.9 Å². The molecule has 1 N–H and O–H groups in total. The number of rotatable bonds is 4. The van der Waals surface area contributed by atoms with Gasteiger partial charge in [-0.15, -0.1) is 11.3 Å². The molecule has 0 radical (unpaired) electrons. The van der Waals surface area contributed by atoms with Crippen molar-refractivity contribution in [3.8, 4) is 10.8 Å². The minimum atomic E-state index is -0.212. The summed E-state index contributed by atoms with van der Waals surface area (Å²) in [6.07, 6.45) is 2.99. The average molecular weight is 399 g/mol. The average Bonchev–Trinajstić information content (AvgIpc) is 3.42. The third kappa shape index (κ3) is 3.73. The van der Waals surface area contributed by atoms with E-state index < -0.39 is 0 Å². The van der Waals surface area contributed by atoms with Crippen molar-refractivity contribution in [3.63, 3.8) is 0 Å². The number of furan rings is 2. The summed E-state index contributed by atoms with van der Waals surface area (Å²) in [5.41, 5.74) is 0.477. The largest absolute Gasteiger partial charge is 0.462 e. The number of nitrogens with one attached hydrogen (secondary N) is 1. The van der Waals surface area contributed by atoms with Crippen molar-refractivity contribution in [2.45, 2.75) is 32.7 Å². The van der Waals surface area contributed by atoms with Gasteiger partial charge in [0, 0.05) is 24.0 Å². The van der Waals surface area contributed by atoms with Gasteiger partial charge in [-0.2, -0.15) is 0 Å². The van der Waals surface area contributed by atoms with Crippen LogP contribution >= 0.6 is 11.3 Å². The Morgan fingerprint density at radius 3 is 2.64 bits per heavy atom. The Hall–Kier alpha value is -2.87. The molecular formula is C20H21N3O4S. The van der Waals surface area contributed by atoms with E-state index in [0.29, 0.717) is 53.9 Å². The van der Waals surface area contributed by atoms with E-state index in [9.17, 15) is 9.59 Å². The molecule has 4 heterocycles. The fourth-order valence-corrected chi connectivity index (χ4v) is 4.16. The standard InChI is InChI=1S/C20H21N3O4S/c1-12-5-6-15(27-12)18(24)21-14-7-9-23(10-8-14)20(25)17-13(2)28-19(22-17)16-4-3-11-26-16/h3-6,11,14H,7-10H2,1-2H3,(H,21,24). The van der Waals surface area contributed by atoms with Crippen molar-refractivity contribution in [1.82, 2.24) is 15.2 Å². The minimum Gasteiger partial charge on any atom is -0.462 e. The van der Waals surface area contributed by atoms with E-state index in [1.165, 1.54) is 11.3 Å². The predicted molar refractivity (Wildman–Crippen MR) is 104 cm³/mol. The highest BCUT2D eigenvalue weighted by Crippen LogP contribution is 2.29. The van der Waals surface area contributed by atoms with Gasteiger partial charge in [-0.1, -0.05) is 0 Å². The number of carbonyl (C=O) groups excluding carboxylic acids is 2. The van der Waals surface area contributed by atoms with Crippen molar-refractivity contribution in [2.24, 2.45) is 0 Å². The lowest BCUT2D eigenvalue weighted by Gasteiger charge is -2.32. The third-order valence-electron chi connectivity index (χ3n) is 4.81. The van der Waals surface area contributed by atoms with Gasteiger partial charge in [0.2, 0.25) is 0 Å². The van der Waals surface area contributed by atoms with Gasteiger partial charge < -0.3 is 19.1 Å². The molecule has 1 aliphatic heterocycles. The molecule has 0 aromatic carbocycles. The fraction of sp³-hybridized carbons (Fsp3) is 0.350. The Balaban J connectivity index is 1.36. The molecule has 3 aromatic heterocycles. The van der Waals surface area contributed by atoms with Gasteiger partial charge in [0.05, 0.1) is 6.26 Å². The zero-order valence-corrected chi connectivity index (χ0v) is 16.5. The lowest BCUT2D eigenvalue weighted by Crippen LogP contribution is -2.46. The highest BCUT2D eigenvalue weighted by molar-refractivity contribution is 7.15. The number of likely N-dealkylation sites (tertiary alicyclic amines) is 1. The van der Waals surface area contributed by atoms with Crippen LogP contribution in [0, 0.1) is 13.8 Å². The van der Waals surface area contributed by atoms with E-state index in [0.717, 1.165) is 4.88 Å². The van der Waals surface area contributed by atoms with E-state index in [4.69, 9.17) is 8.83 Å². The second-order valence-corrected chi connectivity index (χ2v) is 8.05. The van der Waals surface area contributed by atoms with Gasteiger partial charge in [0.1, 0.15) is 11.5 Å². The number of amides is 2. The van der Waals surface area contributed by atoms with Crippen LogP contribution in [-0.2, 0) is 0 Å². The van der Waals surface area contributed by atoms with Crippen molar-refractivity contribution in [3.05, 3.63) is 52.6 Å². The summed E-state index contributed by atoms with van der Waals surface area (Å²) in [4.78, 5) is 32.3. The Morgan fingerprint density at radius 1 is 1.21 bits per heavy atom. The SMILES string of the molecule is Cc1ccc(C(=O)NC2CCN(C(=O)c3nc(-c4ccco4)sc3C)CC2)o1. The Bertz CT molecular complexity index is 981. The van der Waals surface area contributed by atoms with Gasteiger partial charge in [-0.25, -0.2) is 4.98 Å². The summed E-state index contributed by atoms with van der Waals surface area (Å²) < 4.78 is 10.7. The summed E-state index contributed by atoms with van der Waals surface area (Å²) in [6, 6.07) is 7.10. The second-order valence-electron chi connectivity index (χ2n) is 6.85. The lowest BCUT2D eigenvalue weighted by molar-refractivity contribution is 0.0690. The van der Waals surface area contributed by atoms with Crippen LogP contribution in [0.3, 0.4) is 0 Å². The molecule has 7 nitrogen and oxygen atoms in total. The van der Waals surface area contributed by atoms with Crippen molar-refractivity contribution < 1.29 is 18.4 Å². The maximum atomic E-state index is 12.9. The first-order valence-electron chi connectivity index (χ1n) is 9.19. The number of aromatic nitrogens is 1. The van der Waals surface area contributed by atoms with Crippen LogP contribution in [0.4, 0.5) is 0 Å². The van der Waals surface area contributed by atoms with Gasteiger partial charge in [0.15, 0.2) is 16.5 Å². The molecule has 0 spiro atoms. The van der Waals surface area contributed by atoms with Crippen LogP contribution in [0.5, 0.6) is 0 Å². The van der Waals surface area contributed by atoms with E-state index in [1.54, 1.807) is 36.3 Å². The zero-order chi connectivity index (χ0) is 19.7. The molecule has 0 atom stereocenters. The van der Waals surface area contributed by atoms with Crippen molar-refractivity contribution in [2.75, 3.05) is 13.1 Å². The van der Waals surface area contributed by atoms with Crippen LogP contribution in [0.15, 0.2) is 39.4 Å². The Labute approximate surface area is 166 Å². The first kappa shape index (κ1) is 18.5. The molecule has 1 aliphatic rings. The molecule has 8 heteroatoms. The summed E-state index contributed by atoms with van der Waals surface area (Å²) in [6.45, 7) is 4.86. The third-order valence-corrected chi connectivity index (χ3v) is 5.80. The molecule has 4 rings (SSSR count). The first-order valence-corrected chi connectivity index (χ1v) is 10.0. The van der Waals surface area contributed by atoms with Gasteiger partial charge in [-0.05, 0) is 51.0 Å². The van der Waals surface area contributed by atoms with Gasteiger partial charge >= 0.3 is 0 Å². The second kappa shape index (κ2) is 7.63. The van der Waals surface area contributed by atoms with Crippen LogP contribution in [0.1, 0.15) is 44.5 Å². The molecule has 0 unspecified atom stereocenters. The van der Waals surface area contributed by atoms with E-state index in [2.05, 4.69) is 10.3 Å². The number of hydrogen-bond donors (Lipinski definition) is 1. The Kier molecular flexibility index (Phi) is 5.04. The van der Waals surface area contributed by atoms with Crippen molar-refractivity contribution >= 4 is 23.2 Å². The maximum Gasteiger partial charge on any atom is 0.287 e. The molecule has 28 heavy (non-hydrogen) atoms. The molecule has 1 saturated heterocycles. The van der Waals surface area contributed by atoms with Crippen molar-refractivity contribution in [1.29, 1.82) is 0 Å². The number of aryl methyl sites for hydroxylation is 2. The molecule has 3 aromatic rings. The van der Waals surface area contributed by atoms with E-state index in [1.807, 2.05) is 13.0 Å². The summed E-state index contributed by atoms with van der Waals surface area (Å²) >= 11 is 1.45. The normalized spacial score (nSPS) is 15.0. The minimum absolute atomic E-state index is 0.0252. The smallest absolute Gasteiger partial charge is 0.287 e. The van der Waals surface area contributed by atoms with Crippen LogP contribution in [-0.4, -0.2) is 40.8 Å². The van der Waals surface area contributed by atoms with Gasteiger partial charge in [0.25, 0.3) is 11.8 Å². The molecular weight excluding hydrogens is 378 g/mol. The lowest BCUT2D eigenvalue weighted by atomic mass is 10.0. The van der Waals surface area contributed by atoms with Crippen LogP contribution < -0.4 is 5.32 Å². The summed E-state index contributed by atoms with van der Waals surface area (Å²) in [5, 5.41) is 3.70. The Morgan fingerprint density at radius 2 is 2.00 bits per heavy atom. The van der Waals surface area contributed by atoms with Crippen LogP contribution in [0.2, 0.25) is 0 Å². The fourth-order valence-electron chi connectivity index (χ4n) is 3.29. The highest BCUT2D eigenvalue weighted by Gasteiger charge is 2.28. The summed E-state index contributed by atoms with van der Waals surface area (Å²) in [5.74, 6) is 1.41. The maximum absolute atomic E-state index is 12.9. The number of hydrogen-bond acceptors (Lipinski definition) is 6. The molecule has 146 valence electrons. The topological polar surface area (TPSA) is 88.6 Å². The molecule has 0 bridgehead atoms. The summed E-state index contributed by atoms with van der Waals surface area (Å²) in [7, 11) is 0. The molecule has 0 saturated carbocycles. The number of nitrogens with zero attached hydrogens (tertiary/aromatic N) is 2. The monoisotopic (exact) mass is 399 g/mol. The van der Waals surface area contributed by atoms with Crippen LogP contribution in [0.25, 0.3) is 10.8 Å². The number of carbonyl (C=O) groups is 2.